The molecule has 19 heavy (non-hydrogen) atoms. The van der Waals surface area contributed by atoms with Gasteiger partial charge in [-0.3, -0.25) is 9.59 Å². The molecule has 1 aromatic carbocycles. The van der Waals surface area contributed by atoms with Gasteiger partial charge in [-0.1, -0.05) is 0 Å². The number of amides is 1. The van der Waals surface area contributed by atoms with Crippen LogP contribution >= 0.6 is 0 Å². The number of H-pyrrole nitrogens is 1. The van der Waals surface area contributed by atoms with Gasteiger partial charge in [-0.2, -0.15) is 13.2 Å². The number of carbonyl (C=O) groups excluding carboxylic acids is 1. The van der Waals surface area contributed by atoms with Gasteiger partial charge < -0.3 is 10.7 Å². The summed E-state index contributed by atoms with van der Waals surface area (Å²) in [5.41, 5.74) is 4.01. The Morgan fingerprint density at radius 1 is 1.26 bits per heavy atom. The van der Waals surface area contributed by atoms with Crippen LogP contribution in [0.4, 0.5) is 13.2 Å². The molecule has 3 N–H and O–H groups in total. The number of rotatable bonds is 2. The molecule has 1 heterocycles. The van der Waals surface area contributed by atoms with Crippen molar-refractivity contribution in [3.8, 4) is 0 Å². The minimum Gasteiger partial charge on any atom is -0.369 e. The van der Waals surface area contributed by atoms with Crippen LogP contribution in [0.5, 0.6) is 0 Å². The van der Waals surface area contributed by atoms with Gasteiger partial charge in [0, 0.05) is 22.7 Å². The average Bonchev–Trinajstić information content (AvgIpc) is 2.26. The topological polar surface area (TPSA) is 76.0 Å². The van der Waals surface area contributed by atoms with Crippen LogP contribution in [0.3, 0.4) is 0 Å². The summed E-state index contributed by atoms with van der Waals surface area (Å²) >= 11 is 0. The van der Waals surface area contributed by atoms with E-state index < -0.39 is 23.1 Å². The highest BCUT2D eigenvalue weighted by molar-refractivity contribution is 5.81. The van der Waals surface area contributed by atoms with E-state index in [0.717, 1.165) is 24.3 Å². The van der Waals surface area contributed by atoms with Crippen LogP contribution in [-0.4, -0.2) is 10.9 Å². The van der Waals surface area contributed by atoms with Crippen molar-refractivity contribution in [3.63, 3.8) is 0 Å². The summed E-state index contributed by atoms with van der Waals surface area (Å²) in [7, 11) is 0. The Balaban J connectivity index is 2.60. The number of carbonyl (C=O) groups is 1. The quantitative estimate of drug-likeness (QED) is 0.869. The minimum atomic E-state index is -4.51. The van der Waals surface area contributed by atoms with Crippen molar-refractivity contribution in [1.82, 2.24) is 4.98 Å². The molecule has 0 atom stereocenters. The smallest absolute Gasteiger partial charge is 0.369 e. The first-order chi connectivity index (χ1) is 8.77. The third kappa shape index (κ3) is 2.75. The molecule has 0 fully saturated rings. The Labute approximate surface area is 105 Å². The van der Waals surface area contributed by atoms with Gasteiger partial charge in [0.05, 0.1) is 12.0 Å². The van der Waals surface area contributed by atoms with E-state index in [0.29, 0.717) is 0 Å². The number of hydrogen-bond donors (Lipinski definition) is 2. The third-order valence-corrected chi connectivity index (χ3v) is 2.58. The van der Waals surface area contributed by atoms with E-state index in [1.807, 2.05) is 0 Å². The summed E-state index contributed by atoms with van der Waals surface area (Å²) in [6.07, 6.45) is -4.68. The van der Waals surface area contributed by atoms with Crippen molar-refractivity contribution in [2.24, 2.45) is 5.73 Å². The fourth-order valence-corrected chi connectivity index (χ4v) is 1.76. The van der Waals surface area contributed by atoms with E-state index in [1.165, 1.54) is 0 Å². The van der Waals surface area contributed by atoms with Gasteiger partial charge in [-0.05, 0) is 18.2 Å². The Bertz CT molecular complexity index is 704. The number of primary amides is 1. The molecule has 7 heteroatoms. The number of halogens is 3. The molecule has 0 unspecified atom stereocenters. The van der Waals surface area contributed by atoms with Crippen LogP contribution in [0.1, 0.15) is 11.3 Å². The number of aromatic amines is 1. The molecule has 2 rings (SSSR count). The Morgan fingerprint density at radius 3 is 2.53 bits per heavy atom. The van der Waals surface area contributed by atoms with E-state index in [1.54, 1.807) is 0 Å². The molecular formula is C12H9F3N2O2. The van der Waals surface area contributed by atoms with Crippen LogP contribution in [0, 0.1) is 0 Å². The first kappa shape index (κ1) is 13.1. The maximum absolute atomic E-state index is 12.5. The first-order valence-corrected chi connectivity index (χ1v) is 5.29. The number of benzene rings is 1. The van der Waals surface area contributed by atoms with Gasteiger partial charge in [0.1, 0.15) is 0 Å². The predicted octanol–water partition coefficient (Wildman–Crippen LogP) is 1.57. The monoisotopic (exact) mass is 270 g/mol. The Morgan fingerprint density at radius 2 is 1.95 bits per heavy atom. The van der Waals surface area contributed by atoms with Crippen molar-refractivity contribution in [1.29, 1.82) is 0 Å². The van der Waals surface area contributed by atoms with Crippen molar-refractivity contribution >= 4 is 16.8 Å². The van der Waals surface area contributed by atoms with Gasteiger partial charge in [0.25, 0.3) is 0 Å². The molecule has 2 aromatic rings. The molecule has 0 saturated carbocycles. The zero-order valence-electron chi connectivity index (χ0n) is 9.54. The van der Waals surface area contributed by atoms with Gasteiger partial charge in [0.15, 0.2) is 5.43 Å². The number of nitrogens with two attached hydrogens (primary N) is 1. The summed E-state index contributed by atoms with van der Waals surface area (Å²) in [5, 5.41) is -0.0805. The second-order valence-electron chi connectivity index (χ2n) is 4.06. The summed E-state index contributed by atoms with van der Waals surface area (Å²) in [6.45, 7) is 0. The minimum absolute atomic E-state index is 0.0805. The number of alkyl halides is 3. The van der Waals surface area contributed by atoms with E-state index in [2.05, 4.69) is 4.98 Å². The standard InChI is InChI=1S/C12H9F3N2O2/c13-12(14,15)6-1-2-9-8(3-6)10(18)4-7(17-9)5-11(16)19/h1-4H,5H2,(H2,16,19)(H,17,18). The van der Waals surface area contributed by atoms with Gasteiger partial charge in [-0.15, -0.1) is 0 Å². The summed E-state index contributed by atoms with van der Waals surface area (Å²) < 4.78 is 37.6. The fourth-order valence-electron chi connectivity index (χ4n) is 1.76. The lowest BCUT2D eigenvalue weighted by Crippen LogP contribution is -2.17. The van der Waals surface area contributed by atoms with Crippen molar-refractivity contribution in [2.45, 2.75) is 12.6 Å². The molecular weight excluding hydrogens is 261 g/mol. The number of hydrogen-bond acceptors (Lipinski definition) is 2. The first-order valence-electron chi connectivity index (χ1n) is 5.29. The van der Waals surface area contributed by atoms with Crippen LogP contribution in [0.15, 0.2) is 29.1 Å². The highest BCUT2D eigenvalue weighted by Crippen LogP contribution is 2.30. The van der Waals surface area contributed by atoms with Gasteiger partial charge >= 0.3 is 6.18 Å². The number of pyridine rings is 1. The molecule has 1 aromatic heterocycles. The van der Waals surface area contributed by atoms with E-state index >= 15 is 0 Å². The molecule has 4 nitrogen and oxygen atoms in total. The van der Waals surface area contributed by atoms with Crippen molar-refractivity contribution in [2.75, 3.05) is 0 Å². The summed E-state index contributed by atoms with van der Waals surface area (Å²) in [6, 6.07) is 3.88. The van der Waals surface area contributed by atoms with Crippen molar-refractivity contribution in [3.05, 3.63) is 45.7 Å². The number of aromatic nitrogens is 1. The average molecular weight is 270 g/mol. The highest BCUT2D eigenvalue weighted by atomic mass is 19.4. The molecule has 0 bridgehead atoms. The Hall–Kier alpha value is -2.31. The highest BCUT2D eigenvalue weighted by Gasteiger charge is 2.30. The van der Waals surface area contributed by atoms with Gasteiger partial charge in [-0.25, -0.2) is 0 Å². The molecule has 0 radical (unpaired) electrons. The molecule has 0 aliphatic carbocycles. The second kappa shape index (κ2) is 4.42. The fraction of sp³-hybridized carbons (Fsp3) is 0.167. The Kier molecular flexibility index (Phi) is 3.05. The van der Waals surface area contributed by atoms with Gasteiger partial charge in [0.2, 0.25) is 5.91 Å². The van der Waals surface area contributed by atoms with E-state index in [-0.39, 0.29) is 23.0 Å². The molecule has 0 saturated heterocycles. The molecule has 1 amide bonds. The van der Waals surface area contributed by atoms with Crippen LogP contribution in [0.2, 0.25) is 0 Å². The largest absolute Gasteiger partial charge is 0.416 e. The molecule has 0 aliphatic rings. The zero-order chi connectivity index (χ0) is 14.2. The van der Waals surface area contributed by atoms with E-state index in [4.69, 9.17) is 5.73 Å². The number of fused-ring (bicyclic) bond motifs is 1. The number of nitrogens with one attached hydrogen (secondary N) is 1. The van der Waals surface area contributed by atoms with Crippen molar-refractivity contribution < 1.29 is 18.0 Å². The lowest BCUT2D eigenvalue weighted by atomic mass is 10.1. The van der Waals surface area contributed by atoms with E-state index in [9.17, 15) is 22.8 Å². The zero-order valence-corrected chi connectivity index (χ0v) is 9.54. The molecule has 0 aliphatic heterocycles. The lowest BCUT2D eigenvalue weighted by Gasteiger charge is -2.08. The second-order valence-corrected chi connectivity index (χ2v) is 4.06. The SMILES string of the molecule is NC(=O)Cc1cc(=O)c2cc(C(F)(F)F)ccc2[nH]1. The van der Waals surface area contributed by atoms with Crippen LogP contribution < -0.4 is 11.2 Å². The maximum atomic E-state index is 12.5. The summed E-state index contributed by atoms with van der Waals surface area (Å²) in [4.78, 5) is 25.2. The lowest BCUT2D eigenvalue weighted by molar-refractivity contribution is -0.137. The van der Waals surface area contributed by atoms with Crippen LogP contribution in [0.25, 0.3) is 10.9 Å². The maximum Gasteiger partial charge on any atom is 0.416 e. The summed E-state index contributed by atoms with van der Waals surface area (Å²) in [5.74, 6) is -0.637. The molecule has 100 valence electrons. The predicted molar refractivity (Wildman–Crippen MR) is 62.5 cm³/mol. The third-order valence-electron chi connectivity index (χ3n) is 2.58. The molecule has 0 spiro atoms. The van der Waals surface area contributed by atoms with Crippen LogP contribution in [-0.2, 0) is 17.4 Å². The normalized spacial score (nSPS) is 11.7.